The third-order valence-electron chi connectivity index (χ3n) is 2.85. The molecular weight excluding hydrogens is 206 g/mol. The summed E-state index contributed by atoms with van der Waals surface area (Å²) in [5.74, 6) is 1.67. The van der Waals surface area contributed by atoms with E-state index in [1.54, 1.807) is 0 Å². The fraction of sp³-hybridized carbons (Fsp3) is 0.417. The molecule has 80 valence electrons. The number of benzene rings is 1. The highest BCUT2D eigenvalue weighted by Gasteiger charge is 2.17. The molecule has 1 saturated carbocycles. The summed E-state index contributed by atoms with van der Waals surface area (Å²) < 4.78 is 5.66. The van der Waals surface area contributed by atoms with Crippen LogP contribution in [0.25, 0.3) is 0 Å². The maximum absolute atomic E-state index is 5.66. The molecule has 0 amide bonds. The molecule has 0 saturated heterocycles. The van der Waals surface area contributed by atoms with E-state index in [1.165, 1.54) is 19.3 Å². The highest BCUT2D eigenvalue weighted by molar-refractivity contribution is 7.80. The molecule has 0 bridgehead atoms. The van der Waals surface area contributed by atoms with Crippen LogP contribution >= 0.6 is 12.2 Å². The van der Waals surface area contributed by atoms with E-state index in [9.17, 15) is 0 Å². The first-order valence-electron chi connectivity index (χ1n) is 5.28. The van der Waals surface area contributed by atoms with Gasteiger partial charge < -0.3 is 10.5 Å². The van der Waals surface area contributed by atoms with Crippen LogP contribution in [0.2, 0.25) is 0 Å². The summed E-state index contributed by atoms with van der Waals surface area (Å²) in [5, 5.41) is 0. The highest BCUT2D eigenvalue weighted by Crippen LogP contribution is 2.27. The average molecular weight is 221 g/mol. The number of rotatable bonds is 4. The van der Waals surface area contributed by atoms with Gasteiger partial charge in [0.1, 0.15) is 10.7 Å². The third-order valence-corrected chi connectivity index (χ3v) is 3.08. The van der Waals surface area contributed by atoms with Crippen molar-refractivity contribution in [3.05, 3.63) is 29.8 Å². The molecule has 15 heavy (non-hydrogen) atoms. The lowest BCUT2D eigenvalue weighted by Crippen LogP contribution is -2.19. The number of hydrogen-bond donors (Lipinski definition) is 1. The van der Waals surface area contributed by atoms with Crippen LogP contribution in [0.15, 0.2) is 24.3 Å². The predicted octanol–water partition coefficient (Wildman–Crippen LogP) is 2.50. The summed E-state index contributed by atoms with van der Waals surface area (Å²) in [4.78, 5) is 0.431. The van der Waals surface area contributed by atoms with Gasteiger partial charge in [0.25, 0.3) is 0 Å². The number of ether oxygens (including phenoxy) is 1. The van der Waals surface area contributed by atoms with Crippen LogP contribution in [-0.2, 0) is 0 Å². The van der Waals surface area contributed by atoms with E-state index in [1.807, 2.05) is 24.3 Å². The summed E-state index contributed by atoms with van der Waals surface area (Å²) in [6.07, 6.45) is 3.98. The second kappa shape index (κ2) is 4.62. The quantitative estimate of drug-likeness (QED) is 0.793. The van der Waals surface area contributed by atoms with E-state index in [-0.39, 0.29) is 0 Å². The monoisotopic (exact) mass is 221 g/mol. The van der Waals surface area contributed by atoms with Gasteiger partial charge in [-0.15, -0.1) is 0 Å². The molecule has 0 aliphatic heterocycles. The second-order valence-electron chi connectivity index (χ2n) is 4.00. The zero-order valence-electron chi connectivity index (χ0n) is 8.61. The molecule has 1 aliphatic rings. The van der Waals surface area contributed by atoms with Crippen molar-refractivity contribution in [2.45, 2.75) is 19.3 Å². The summed E-state index contributed by atoms with van der Waals surface area (Å²) in [6.45, 7) is 0.840. The Morgan fingerprint density at radius 2 is 2.00 bits per heavy atom. The zero-order chi connectivity index (χ0) is 10.7. The molecule has 0 atom stereocenters. The maximum atomic E-state index is 5.66. The largest absolute Gasteiger partial charge is 0.493 e. The van der Waals surface area contributed by atoms with Crippen molar-refractivity contribution in [2.75, 3.05) is 6.61 Å². The average Bonchev–Trinajstić information content (AvgIpc) is 2.16. The Morgan fingerprint density at radius 3 is 2.47 bits per heavy atom. The number of nitrogens with two attached hydrogens (primary N) is 1. The Morgan fingerprint density at radius 1 is 1.33 bits per heavy atom. The Kier molecular flexibility index (Phi) is 3.21. The Balaban J connectivity index is 1.88. The van der Waals surface area contributed by atoms with Crippen LogP contribution in [0.5, 0.6) is 5.75 Å². The van der Waals surface area contributed by atoms with E-state index < -0.39 is 0 Å². The van der Waals surface area contributed by atoms with Gasteiger partial charge in [-0.25, -0.2) is 0 Å². The zero-order valence-corrected chi connectivity index (χ0v) is 9.43. The lowest BCUT2D eigenvalue weighted by atomic mass is 9.86. The molecule has 2 rings (SSSR count). The van der Waals surface area contributed by atoms with Crippen LogP contribution in [0.1, 0.15) is 24.8 Å². The molecule has 0 heterocycles. The molecule has 1 aliphatic carbocycles. The molecule has 0 radical (unpaired) electrons. The van der Waals surface area contributed by atoms with Gasteiger partial charge in [0, 0.05) is 5.56 Å². The number of hydrogen-bond acceptors (Lipinski definition) is 2. The normalized spacial score (nSPS) is 15.7. The van der Waals surface area contributed by atoms with Gasteiger partial charge in [0.05, 0.1) is 6.61 Å². The van der Waals surface area contributed by atoms with Crippen molar-refractivity contribution < 1.29 is 4.74 Å². The third kappa shape index (κ3) is 2.69. The molecule has 1 aromatic carbocycles. The van der Waals surface area contributed by atoms with Gasteiger partial charge in [-0.1, -0.05) is 18.6 Å². The van der Waals surface area contributed by atoms with E-state index in [0.717, 1.165) is 23.8 Å². The smallest absolute Gasteiger partial charge is 0.119 e. The molecule has 1 fully saturated rings. The van der Waals surface area contributed by atoms with Crippen LogP contribution < -0.4 is 10.5 Å². The van der Waals surface area contributed by atoms with Crippen molar-refractivity contribution in [2.24, 2.45) is 11.7 Å². The molecule has 3 heteroatoms. The topological polar surface area (TPSA) is 35.2 Å². The van der Waals surface area contributed by atoms with Gasteiger partial charge in [0.2, 0.25) is 0 Å². The van der Waals surface area contributed by atoms with Crippen molar-refractivity contribution in [3.8, 4) is 5.75 Å². The first-order valence-corrected chi connectivity index (χ1v) is 5.69. The minimum atomic E-state index is 0.431. The summed E-state index contributed by atoms with van der Waals surface area (Å²) >= 11 is 4.88. The Hall–Kier alpha value is -1.09. The Labute approximate surface area is 95.4 Å². The Bertz CT molecular complexity index is 343. The van der Waals surface area contributed by atoms with Gasteiger partial charge in [-0.05, 0) is 43.0 Å². The van der Waals surface area contributed by atoms with Crippen molar-refractivity contribution >= 4 is 17.2 Å². The molecule has 0 spiro atoms. The SMILES string of the molecule is NC(=S)c1ccc(OCC2CCC2)cc1. The molecule has 2 N–H and O–H groups in total. The molecule has 0 unspecified atom stereocenters. The van der Waals surface area contributed by atoms with Gasteiger partial charge in [0.15, 0.2) is 0 Å². The minimum absolute atomic E-state index is 0.431. The van der Waals surface area contributed by atoms with E-state index in [4.69, 9.17) is 22.7 Å². The van der Waals surface area contributed by atoms with Crippen LogP contribution in [0, 0.1) is 5.92 Å². The van der Waals surface area contributed by atoms with Gasteiger partial charge in [-0.3, -0.25) is 0 Å². The van der Waals surface area contributed by atoms with E-state index >= 15 is 0 Å². The molecule has 2 nitrogen and oxygen atoms in total. The first-order chi connectivity index (χ1) is 7.25. The highest BCUT2D eigenvalue weighted by atomic mass is 32.1. The van der Waals surface area contributed by atoms with Gasteiger partial charge in [-0.2, -0.15) is 0 Å². The fourth-order valence-electron chi connectivity index (χ4n) is 1.59. The molecule has 0 aromatic heterocycles. The lowest BCUT2D eigenvalue weighted by Gasteiger charge is -2.25. The minimum Gasteiger partial charge on any atom is -0.493 e. The van der Waals surface area contributed by atoms with E-state index in [0.29, 0.717) is 4.99 Å². The maximum Gasteiger partial charge on any atom is 0.119 e. The number of thiocarbonyl (C=S) groups is 1. The van der Waals surface area contributed by atoms with Crippen molar-refractivity contribution in [3.63, 3.8) is 0 Å². The summed E-state index contributed by atoms with van der Waals surface area (Å²) in [5.41, 5.74) is 6.40. The second-order valence-corrected chi connectivity index (χ2v) is 4.44. The fourth-order valence-corrected chi connectivity index (χ4v) is 1.73. The summed E-state index contributed by atoms with van der Waals surface area (Å²) in [6, 6.07) is 7.65. The van der Waals surface area contributed by atoms with Gasteiger partial charge >= 0.3 is 0 Å². The van der Waals surface area contributed by atoms with Crippen molar-refractivity contribution in [1.29, 1.82) is 0 Å². The predicted molar refractivity (Wildman–Crippen MR) is 65.2 cm³/mol. The lowest BCUT2D eigenvalue weighted by molar-refractivity contribution is 0.180. The standard InChI is InChI=1S/C12H15NOS/c13-12(15)10-4-6-11(7-5-10)14-8-9-2-1-3-9/h4-7,9H,1-3,8H2,(H2,13,15). The first kappa shape index (κ1) is 10.4. The summed E-state index contributed by atoms with van der Waals surface area (Å²) in [7, 11) is 0. The van der Waals surface area contributed by atoms with Crippen LogP contribution in [0.3, 0.4) is 0 Å². The van der Waals surface area contributed by atoms with Crippen molar-refractivity contribution in [1.82, 2.24) is 0 Å². The van der Waals surface area contributed by atoms with Crippen LogP contribution in [0.4, 0.5) is 0 Å². The van der Waals surface area contributed by atoms with E-state index in [2.05, 4.69) is 0 Å². The molecule has 1 aromatic rings. The van der Waals surface area contributed by atoms with Crippen LogP contribution in [-0.4, -0.2) is 11.6 Å². The molecular formula is C12H15NOS.